The van der Waals surface area contributed by atoms with Crippen molar-refractivity contribution < 1.29 is 9.90 Å². The van der Waals surface area contributed by atoms with Crippen LogP contribution in [0.5, 0.6) is 0 Å². The number of thioether (sulfide) groups is 2. The molecule has 0 saturated carbocycles. The van der Waals surface area contributed by atoms with Crippen molar-refractivity contribution in [2.45, 2.75) is 4.90 Å². The molecule has 102 valence electrons. The Morgan fingerprint density at radius 2 is 2.35 bits per heavy atom. The fraction of sp³-hybridized carbons (Fsp3) is 0.154. The predicted molar refractivity (Wildman–Crippen MR) is 86.1 cm³/mol. The quantitative estimate of drug-likeness (QED) is 0.690. The van der Waals surface area contributed by atoms with Gasteiger partial charge < -0.3 is 5.11 Å². The van der Waals surface area contributed by atoms with Crippen LogP contribution in [0.25, 0.3) is 10.2 Å². The Hall–Kier alpha value is -1.31. The molecule has 0 aliphatic carbocycles. The Bertz CT molecular complexity index is 721. The molecule has 0 bridgehead atoms. The molecule has 4 nitrogen and oxygen atoms in total. The van der Waals surface area contributed by atoms with Gasteiger partial charge >= 0.3 is 5.97 Å². The first-order valence-corrected chi connectivity index (χ1v) is 8.55. The van der Waals surface area contributed by atoms with Crippen LogP contribution in [0, 0.1) is 0 Å². The van der Waals surface area contributed by atoms with Crippen LogP contribution < -0.4 is 0 Å². The minimum absolute atomic E-state index is 0.872. The number of carboxylic acid groups (broad SMARTS) is 1. The van der Waals surface area contributed by atoms with Crippen molar-refractivity contribution in [1.82, 2.24) is 4.98 Å². The Kier molecular flexibility index (Phi) is 4.09. The average Bonchev–Trinajstić information content (AvgIpc) is 3.06. The summed E-state index contributed by atoms with van der Waals surface area (Å²) >= 11 is 4.77. The maximum atomic E-state index is 10.4. The van der Waals surface area contributed by atoms with Crippen LogP contribution in [0.4, 0.5) is 0 Å². The molecule has 3 rings (SSSR count). The first-order valence-electron chi connectivity index (χ1n) is 5.87. The molecule has 1 aromatic carbocycles. The van der Waals surface area contributed by atoms with Gasteiger partial charge in [0.1, 0.15) is 10.1 Å². The summed E-state index contributed by atoms with van der Waals surface area (Å²) in [6.45, 7) is 0.872. The second kappa shape index (κ2) is 5.99. The zero-order valence-electron chi connectivity index (χ0n) is 10.3. The van der Waals surface area contributed by atoms with E-state index in [1.54, 1.807) is 28.5 Å². The molecule has 0 radical (unpaired) electrons. The minimum atomic E-state index is -0.935. The lowest BCUT2D eigenvalue weighted by molar-refractivity contribution is -0.131. The number of aliphatic carboxylic acids is 1. The van der Waals surface area contributed by atoms with Gasteiger partial charge in [0.25, 0.3) is 0 Å². The molecule has 0 amide bonds. The number of nitrogens with zero attached hydrogens (tertiary/aromatic N) is 2. The fourth-order valence-electron chi connectivity index (χ4n) is 1.71. The Labute approximate surface area is 128 Å². The van der Waals surface area contributed by atoms with E-state index in [0.717, 1.165) is 43.5 Å². The Morgan fingerprint density at radius 1 is 1.45 bits per heavy atom. The summed E-state index contributed by atoms with van der Waals surface area (Å²) < 4.78 is 1.10. The lowest BCUT2D eigenvalue weighted by Crippen LogP contribution is -1.88. The maximum absolute atomic E-state index is 10.4. The van der Waals surface area contributed by atoms with Gasteiger partial charge in [0, 0.05) is 23.3 Å². The van der Waals surface area contributed by atoms with Crippen molar-refractivity contribution in [2.24, 2.45) is 4.99 Å². The van der Waals surface area contributed by atoms with Crippen LogP contribution >= 0.6 is 34.9 Å². The van der Waals surface area contributed by atoms with Crippen LogP contribution in [0.2, 0.25) is 0 Å². The maximum Gasteiger partial charge on any atom is 0.328 e. The van der Waals surface area contributed by atoms with Crippen molar-refractivity contribution in [1.29, 1.82) is 0 Å². The third-order valence-electron chi connectivity index (χ3n) is 2.54. The van der Waals surface area contributed by atoms with Gasteiger partial charge in [-0.3, -0.25) is 4.99 Å². The normalized spacial score (nSPS) is 15.1. The molecule has 2 aromatic rings. The van der Waals surface area contributed by atoms with Crippen molar-refractivity contribution in [2.75, 3.05) is 12.3 Å². The van der Waals surface area contributed by atoms with Crippen LogP contribution in [0.3, 0.4) is 0 Å². The van der Waals surface area contributed by atoms with E-state index in [9.17, 15) is 4.79 Å². The van der Waals surface area contributed by atoms with E-state index in [2.05, 4.69) is 9.98 Å². The number of hydrogen-bond donors (Lipinski definition) is 1. The van der Waals surface area contributed by atoms with Gasteiger partial charge in [-0.25, -0.2) is 9.78 Å². The first-order chi connectivity index (χ1) is 9.72. The highest BCUT2D eigenvalue weighted by molar-refractivity contribution is 8.15. The van der Waals surface area contributed by atoms with E-state index in [1.165, 1.54) is 11.8 Å². The number of rotatable bonds is 4. The number of aliphatic imine (C=N–C) groups is 1. The lowest BCUT2D eigenvalue weighted by atomic mass is 10.3. The fourth-order valence-corrected chi connectivity index (χ4v) is 4.39. The van der Waals surface area contributed by atoms with E-state index in [4.69, 9.17) is 5.11 Å². The number of carboxylic acids is 1. The third kappa shape index (κ3) is 3.05. The monoisotopic (exact) mass is 322 g/mol. The number of benzene rings is 1. The van der Waals surface area contributed by atoms with Crippen molar-refractivity contribution in [3.63, 3.8) is 0 Å². The summed E-state index contributed by atoms with van der Waals surface area (Å²) in [6, 6.07) is 5.95. The summed E-state index contributed by atoms with van der Waals surface area (Å²) in [7, 11) is 0. The molecule has 2 heterocycles. The Morgan fingerprint density at radius 3 is 3.10 bits per heavy atom. The van der Waals surface area contributed by atoms with E-state index < -0.39 is 5.97 Å². The zero-order valence-corrected chi connectivity index (χ0v) is 12.7. The highest BCUT2D eigenvalue weighted by Gasteiger charge is 2.14. The first kappa shape index (κ1) is 13.7. The molecule has 1 aliphatic heterocycles. The van der Waals surface area contributed by atoms with Crippen LogP contribution in [-0.4, -0.2) is 33.4 Å². The summed E-state index contributed by atoms with van der Waals surface area (Å²) in [4.78, 5) is 20.5. The minimum Gasteiger partial charge on any atom is -0.478 e. The SMILES string of the molecule is O=C(O)/C=C/Sc1ccc2nc(C3=NCCS3)sc2c1. The van der Waals surface area contributed by atoms with E-state index in [1.807, 2.05) is 18.2 Å². The summed E-state index contributed by atoms with van der Waals surface area (Å²) in [5.74, 6) is 0.0988. The number of carbonyl (C=O) groups is 1. The van der Waals surface area contributed by atoms with Crippen LogP contribution in [0.15, 0.2) is 39.6 Å². The molecular weight excluding hydrogens is 312 g/mol. The van der Waals surface area contributed by atoms with Gasteiger partial charge in [-0.15, -0.1) is 23.1 Å². The van der Waals surface area contributed by atoms with E-state index in [0.29, 0.717) is 0 Å². The predicted octanol–water partition coefficient (Wildman–Crippen LogP) is 3.48. The summed E-state index contributed by atoms with van der Waals surface area (Å²) in [5.41, 5.74) is 0.965. The van der Waals surface area contributed by atoms with Gasteiger partial charge in [-0.2, -0.15) is 0 Å². The average molecular weight is 322 g/mol. The number of hydrogen-bond acceptors (Lipinski definition) is 6. The second-order valence-corrected chi connectivity index (χ2v) is 7.04. The largest absolute Gasteiger partial charge is 0.478 e. The molecule has 1 N–H and O–H groups in total. The van der Waals surface area contributed by atoms with E-state index in [-0.39, 0.29) is 0 Å². The molecule has 1 aliphatic rings. The molecule has 7 heteroatoms. The highest BCUT2D eigenvalue weighted by Crippen LogP contribution is 2.31. The smallest absolute Gasteiger partial charge is 0.328 e. The number of aromatic nitrogens is 1. The molecule has 0 atom stereocenters. The molecule has 0 fully saturated rings. The van der Waals surface area contributed by atoms with Gasteiger partial charge in [-0.05, 0) is 23.6 Å². The summed E-state index contributed by atoms with van der Waals surface area (Å²) in [5, 5.41) is 12.1. The summed E-state index contributed by atoms with van der Waals surface area (Å²) in [6.07, 6.45) is 1.14. The highest BCUT2D eigenvalue weighted by atomic mass is 32.2. The lowest BCUT2D eigenvalue weighted by Gasteiger charge is -1.94. The molecular formula is C13H10N2O2S3. The van der Waals surface area contributed by atoms with E-state index >= 15 is 0 Å². The molecule has 1 aromatic heterocycles. The molecule has 0 spiro atoms. The third-order valence-corrected chi connectivity index (χ3v) is 5.48. The molecule has 0 unspecified atom stereocenters. The zero-order chi connectivity index (χ0) is 13.9. The second-order valence-electron chi connectivity index (χ2n) is 3.94. The van der Waals surface area contributed by atoms with Gasteiger partial charge in [-0.1, -0.05) is 11.8 Å². The van der Waals surface area contributed by atoms with Gasteiger partial charge in [0.15, 0.2) is 0 Å². The van der Waals surface area contributed by atoms with Crippen LogP contribution in [0.1, 0.15) is 5.01 Å². The van der Waals surface area contributed by atoms with Gasteiger partial charge in [0.2, 0.25) is 0 Å². The number of fused-ring (bicyclic) bond motifs is 1. The van der Waals surface area contributed by atoms with Crippen molar-refractivity contribution >= 4 is 56.1 Å². The number of thiazole rings is 1. The van der Waals surface area contributed by atoms with Crippen LogP contribution in [-0.2, 0) is 4.79 Å². The standard InChI is InChI=1S/C13H10N2O2S3/c16-11(17)3-5-18-8-1-2-9-10(7-8)20-13(15-9)12-14-4-6-19-12/h1-3,5,7H,4,6H2,(H,16,17)/b5-3+. The topological polar surface area (TPSA) is 62.5 Å². The molecule has 0 saturated heterocycles. The molecule has 20 heavy (non-hydrogen) atoms. The van der Waals surface area contributed by atoms with Crippen molar-refractivity contribution in [3.8, 4) is 0 Å². The van der Waals surface area contributed by atoms with Crippen molar-refractivity contribution in [3.05, 3.63) is 34.7 Å². The Balaban J connectivity index is 1.85. The van der Waals surface area contributed by atoms with Gasteiger partial charge in [0.05, 0.1) is 10.2 Å².